The van der Waals surface area contributed by atoms with Gasteiger partial charge in [-0.2, -0.15) is 5.10 Å². The molecule has 0 unspecified atom stereocenters. The lowest BCUT2D eigenvalue weighted by atomic mass is 9.88. The molecular formula is C11H12N4O. The number of pyridine rings is 1. The number of carbonyl (C=O) groups is 1. The van der Waals surface area contributed by atoms with Gasteiger partial charge in [-0.15, -0.1) is 0 Å². The quantitative estimate of drug-likeness (QED) is 0.722. The Bertz CT molecular complexity index is 473. The van der Waals surface area contributed by atoms with Gasteiger partial charge in [-0.1, -0.05) is 6.07 Å². The number of carbonyl (C=O) groups excluding carboxylic acids is 1. The van der Waals surface area contributed by atoms with Gasteiger partial charge in [-0.05, 0) is 25.5 Å². The van der Waals surface area contributed by atoms with Crippen LogP contribution < -0.4 is 0 Å². The second-order valence-corrected chi connectivity index (χ2v) is 4.08. The highest BCUT2D eigenvalue weighted by Gasteiger charge is 2.19. The fourth-order valence-corrected chi connectivity index (χ4v) is 1.30. The highest BCUT2D eigenvalue weighted by molar-refractivity contribution is 5.66. The van der Waals surface area contributed by atoms with Crippen LogP contribution in [0.3, 0.4) is 0 Å². The summed E-state index contributed by atoms with van der Waals surface area (Å²) in [6, 6.07) is 3.69. The van der Waals surface area contributed by atoms with Crippen LogP contribution in [-0.2, 0) is 10.2 Å². The largest absolute Gasteiger partial charge is 0.302 e. The Morgan fingerprint density at radius 2 is 2.19 bits per heavy atom. The molecule has 2 heterocycles. The second-order valence-electron chi connectivity index (χ2n) is 4.08. The van der Waals surface area contributed by atoms with Gasteiger partial charge in [0.1, 0.15) is 18.9 Å². The molecule has 5 heteroatoms. The van der Waals surface area contributed by atoms with Crippen LogP contribution in [0.4, 0.5) is 0 Å². The van der Waals surface area contributed by atoms with Crippen LogP contribution in [0.5, 0.6) is 0 Å². The highest BCUT2D eigenvalue weighted by Crippen LogP contribution is 2.19. The van der Waals surface area contributed by atoms with Crippen molar-refractivity contribution in [3.8, 4) is 5.82 Å². The van der Waals surface area contributed by atoms with E-state index in [1.165, 1.54) is 6.33 Å². The molecule has 2 rings (SSSR count). The first kappa shape index (κ1) is 10.5. The van der Waals surface area contributed by atoms with Crippen molar-refractivity contribution >= 4 is 6.29 Å². The second kappa shape index (κ2) is 3.84. The summed E-state index contributed by atoms with van der Waals surface area (Å²) in [5.41, 5.74) is 0.375. The average Bonchev–Trinajstić information content (AvgIpc) is 2.83. The summed E-state index contributed by atoms with van der Waals surface area (Å²) in [6.45, 7) is 3.71. The van der Waals surface area contributed by atoms with E-state index in [1.54, 1.807) is 17.2 Å². The molecule has 0 saturated heterocycles. The van der Waals surface area contributed by atoms with Crippen LogP contribution in [0.2, 0.25) is 0 Å². The van der Waals surface area contributed by atoms with Crippen LogP contribution >= 0.6 is 0 Å². The molecule has 0 aliphatic heterocycles. The van der Waals surface area contributed by atoms with Crippen LogP contribution in [0, 0.1) is 0 Å². The number of hydrogen-bond donors (Lipinski definition) is 0. The molecule has 0 amide bonds. The third-order valence-electron chi connectivity index (χ3n) is 2.44. The van der Waals surface area contributed by atoms with Crippen molar-refractivity contribution in [3.05, 3.63) is 36.5 Å². The molecule has 0 aliphatic rings. The van der Waals surface area contributed by atoms with Crippen LogP contribution in [0.1, 0.15) is 19.4 Å². The minimum Gasteiger partial charge on any atom is -0.302 e. The zero-order valence-electron chi connectivity index (χ0n) is 9.16. The van der Waals surface area contributed by atoms with Gasteiger partial charge in [0.15, 0.2) is 5.82 Å². The van der Waals surface area contributed by atoms with Crippen molar-refractivity contribution in [2.24, 2.45) is 0 Å². The standard InChI is InChI=1S/C11H12N4O/c1-11(2,6-16)9-3-4-10(13-5-9)15-8-12-7-14-15/h3-8H,1-2H3. The Hall–Kier alpha value is -2.04. The van der Waals surface area contributed by atoms with E-state index in [4.69, 9.17) is 0 Å². The first-order valence-electron chi connectivity index (χ1n) is 4.91. The zero-order chi connectivity index (χ0) is 11.6. The molecule has 0 saturated carbocycles. The molecule has 2 aromatic rings. The number of rotatable bonds is 3. The van der Waals surface area contributed by atoms with Gasteiger partial charge in [-0.25, -0.2) is 14.6 Å². The van der Waals surface area contributed by atoms with Gasteiger partial charge >= 0.3 is 0 Å². The number of nitrogens with zero attached hydrogens (tertiary/aromatic N) is 4. The van der Waals surface area contributed by atoms with Crippen molar-refractivity contribution in [3.63, 3.8) is 0 Å². The summed E-state index contributed by atoms with van der Waals surface area (Å²) in [5, 5.41) is 3.97. The molecule has 0 atom stereocenters. The maximum atomic E-state index is 10.9. The number of hydrogen-bond acceptors (Lipinski definition) is 4. The molecule has 0 aromatic carbocycles. The molecule has 16 heavy (non-hydrogen) atoms. The Balaban J connectivity index is 2.34. The summed E-state index contributed by atoms with van der Waals surface area (Å²) in [5.74, 6) is 0.683. The normalized spacial score (nSPS) is 11.4. The smallest absolute Gasteiger partial charge is 0.155 e. The fraction of sp³-hybridized carbons (Fsp3) is 0.273. The molecule has 0 bridgehead atoms. The third-order valence-corrected chi connectivity index (χ3v) is 2.44. The van der Waals surface area contributed by atoms with E-state index in [1.807, 2.05) is 26.0 Å². The molecule has 5 nitrogen and oxygen atoms in total. The zero-order valence-corrected chi connectivity index (χ0v) is 9.16. The monoisotopic (exact) mass is 216 g/mol. The first-order valence-corrected chi connectivity index (χ1v) is 4.91. The summed E-state index contributed by atoms with van der Waals surface area (Å²) in [4.78, 5) is 19.0. The van der Waals surface area contributed by atoms with Crippen molar-refractivity contribution < 1.29 is 4.79 Å². The Kier molecular flexibility index (Phi) is 2.52. The van der Waals surface area contributed by atoms with Crippen LogP contribution in [0.15, 0.2) is 31.0 Å². The maximum Gasteiger partial charge on any atom is 0.155 e. The highest BCUT2D eigenvalue weighted by atomic mass is 16.1. The Morgan fingerprint density at radius 1 is 1.38 bits per heavy atom. The maximum absolute atomic E-state index is 10.9. The molecule has 0 aliphatic carbocycles. The number of aldehydes is 1. The molecule has 0 fully saturated rings. The van der Waals surface area contributed by atoms with Crippen molar-refractivity contribution in [2.75, 3.05) is 0 Å². The van der Waals surface area contributed by atoms with Gasteiger partial charge in [0.25, 0.3) is 0 Å². The van der Waals surface area contributed by atoms with Crippen molar-refractivity contribution in [1.29, 1.82) is 0 Å². The van der Waals surface area contributed by atoms with E-state index < -0.39 is 5.41 Å². The molecule has 0 radical (unpaired) electrons. The summed E-state index contributed by atoms with van der Waals surface area (Å²) in [6.07, 6.45) is 5.63. The number of aromatic nitrogens is 4. The molecule has 0 N–H and O–H groups in total. The van der Waals surface area contributed by atoms with Crippen molar-refractivity contribution in [1.82, 2.24) is 19.7 Å². The van der Waals surface area contributed by atoms with E-state index in [0.717, 1.165) is 11.8 Å². The van der Waals surface area contributed by atoms with Gasteiger partial charge in [0.2, 0.25) is 0 Å². The van der Waals surface area contributed by atoms with Gasteiger partial charge in [0, 0.05) is 11.6 Å². The van der Waals surface area contributed by atoms with E-state index in [0.29, 0.717) is 5.82 Å². The lowest BCUT2D eigenvalue weighted by molar-refractivity contribution is -0.111. The van der Waals surface area contributed by atoms with E-state index >= 15 is 0 Å². The molecule has 2 aromatic heterocycles. The van der Waals surface area contributed by atoms with E-state index in [9.17, 15) is 4.79 Å². The predicted octanol–water partition coefficient (Wildman–Crippen LogP) is 1.14. The lowest BCUT2D eigenvalue weighted by Crippen LogP contribution is -2.19. The fourth-order valence-electron chi connectivity index (χ4n) is 1.30. The van der Waals surface area contributed by atoms with Gasteiger partial charge in [0.05, 0.1) is 0 Å². The predicted molar refractivity (Wildman–Crippen MR) is 58.2 cm³/mol. The molecule has 82 valence electrons. The SMILES string of the molecule is CC(C)(C=O)c1ccc(-n2cncn2)nc1. The summed E-state index contributed by atoms with van der Waals surface area (Å²) >= 11 is 0. The molecular weight excluding hydrogens is 204 g/mol. The lowest BCUT2D eigenvalue weighted by Gasteiger charge is -2.16. The summed E-state index contributed by atoms with van der Waals surface area (Å²) in [7, 11) is 0. The first-order chi connectivity index (χ1) is 7.63. The van der Waals surface area contributed by atoms with Gasteiger partial charge in [-0.3, -0.25) is 0 Å². The van der Waals surface area contributed by atoms with Gasteiger partial charge < -0.3 is 4.79 Å². The van der Waals surface area contributed by atoms with E-state index in [-0.39, 0.29) is 0 Å². The van der Waals surface area contributed by atoms with Crippen LogP contribution in [0.25, 0.3) is 5.82 Å². The average molecular weight is 216 g/mol. The Labute approximate surface area is 93.2 Å². The summed E-state index contributed by atoms with van der Waals surface area (Å²) < 4.78 is 1.57. The van der Waals surface area contributed by atoms with E-state index in [2.05, 4.69) is 15.1 Å². The minimum absolute atomic E-state index is 0.506. The molecule has 0 spiro atoms. The minimum atomic E-state index is -0.506. The topological polar surface area (TPSA) is 60.7 Å². The Morgan fingerprint density at radius 3 is 2.69 bits per heavy atom. The third kappa shape index (κ3) is 1.84. The van der Waals surface area contributed by atoms with Crippen LogP contribution in [-0.4, -0.2) is 26.0 Å². The van der Waals surface area contributed by atoms with Crippen molar-refractivity contribution in [2.45, 2.75) is 19.3 Å².